The number of carbonyl (C=O) groups is 1. The number of benzene rings is 2. The molecule has 0 saturated carbocycles. The summed E-state index contributed by atoms with van der Waals surface area (Å²) in [6.45, 7) is 6.95. The number of halogens is 2. The first-order chi connectivity index (χ1) is 14.2. The van der Waals surface area contributed by atoms with Gasteiger partial charge in [0.1, 0.15) is 11.6 Å². The zero-order valence-electron chi connectivity index (χ0n) is 17.2. The highest BCUT2D eigenvalue weighted by atomic mass is 19.1. The van der Waals surface area contributed by atoms with Gasteiger partial charge in [0, 0.05) is 31.1 Å². The van der Waals surface area contributed by atoms with Gasteiger partial charge < -0.3 is 9.42 Å². The van der Waals surface area contributed by atoms with E-state index in [1.54, 1.807) is 4.90 Å². The lowest BCUT2D eigenvalue weighted by atomic mass is 9.87. The number of aromatic nitrogens is 2. The van der Waals surface area contributed by atoms with Gasteiger partial charge in [-0.2, -0.15) is 4.98 Å². The fourth-order valence-electron chi connectivity index (χ4n) is 3.65. The molecule has 1 atom stereocenters. The Bertz CT molecular complexity index is 1050. The number of hydrogen-bond donors (Lipinski definition) is 0. The molecule has 3 aromatic rings. The third kappa shape index (κ3) is 4.25. The van der Waals surface area contributed by atoms with E-state index >= 15 is 0 Å². The summed E-state index contributed by atoms with van der Waals surface area (Å²) in [5, 5.41) is 4.07. The zero-order chi connectivity index (χ0) is 21.5. The van der Waals surface area contributed by atoms with Crippen LogP contribution in [0.3, 0.4) is 0 Å². The summed E-state index contributed by atoms with van der Waals surface area (Å²) in [4.78, 5) is 18.4. The Kier molecular flexibility index (Phi) is 5.13. The molecule has 0 bridgehead atoms. The predicted octanol–water partition coefficient (Wildman–Crippen LogP) is 4.83. The molecule has 1 fully saturated rings. The van der Waals surface area contributed by atoms with Crippen LogP contribution < -0.4 is 0 Å². The third-order valence-electron chi connectivity index (χ3n) is 5.31. The minimum Gasteiger partial charge on any atom is -0.339 e. The highest BCUT2D eigenvalue weighted by molar-refractivity contribution is 5.79. The molecule has 1 aliphatic heterocycles. The van der Waals surface area contributed by atoms with E-state index < -0.39 is 11.6 Å². The van der Waals surface area contributed by atoms with Crippen molar-refractivity contribution in [3.05, 3.63) is 71.1 Å². The highest BCUT2D eigenvalue weighted by Gasteiger charge is 2.34. The van der Waals surface area contributed by atoms with E-state index in [2.05, 4.69) is 30.9 Å². The van der Waals surface area contributed by atoms with Crippen molar-refractivity contribution < 1.29 is 18.1 Å². The van der Waals surface area contributed by atoms with Gasteiger partial charge in [0.25, 0.3) is 0 Å². The second-order valence-corrected chi connectivity index (χ2v) is 8.74. The average molecular weight is 411 g/mol. The molecule has 156 valence electrons. The molecule has 0 N–H and O–H groups in total. The average Bonchev–Trinajstić information content (AvgIpc) is 3.28. The minimum atomic E-state index is -0.660. The van der Waals surface area contributed by atoms with E-state index in [1.807, 2.05) is 24.3 Å². The second kappa shape index (κ2) is 7.63. The Balaban J connectivity index is 1.47. The number of likely N-dealkylation sites (tertiary alicyclic amines) is 1. The Morgan fingerprint density at radius 2 is 1.77 bits per heavy atom. The van der Waals surface area contributed by atoms with Crippen LogP contribution in [0.2, 0.25) is 0 Å². The lowest BCUT2D eigenvalue weighted by Crippen LogP contribution is -2.24. The van der Waals surface area contributed by atoms with Crippen LogP contribution in [0.15, 0.2) is 47.0 Å². The molecular weight excluding hydrogens is 388 g/mol. The van der Waals surface area contributed by atoms with E-state index in [1.165, 1.54) is 17.7 Å². The molecule has 1 aromatic heterocycles. The molecule has 7 heteroatoms. The summed E-state index contributed by atoms with van der Waals surface area (Å²) in [5.74, 6) is -0.806. The maximum atomic E-state index is 13.4. The van der Waals surface area contributed by atoms with Gasteiger partial charge in [0.15, 0.2) is 0 Å². The van der Waals surface area contributed by atoms with Crippen molar-refractivity contribution in [2.45, 2.75) is 45.1 Å². The maximum absolute atomic E-state index is 13.4. The van der Waals surface area contributed by atoms with Crippen molar-refractivity contribution >= 4 is 5.91 Å². The van der Waals surface area contributed by atoms with Crippen LogP contribution in [-0.2, 0) is 16.8 Å². The molecular formula is C23H23F2N3O2. The first-order valence-corrected chi connectivity index (χ1v) is 9.86. The Morgan fingerprint density at radius 1 is 1.10 bits per heavy atom. The molecule has 0 radical (unpaired) electrons. The van der Waals surface area contributed by atoms with Crippen LogP contribution in [0, 0.1) is 11.6 Å². The number of hydrogen-bond acceptors (Lipinski definition) is 4. The number of carbonyl (C=O) groups excluding carboxylic acids is 1. The highest BCUT2D eigenvalue weighted by Crippen LogP contribution is 2.30. The Hall–Kier alpha value is -3.09. The summed E-state index contributed by atoms with van der Waals surface area (Å²) in [7, 11) is 0. The molecule has 0 spiro atoms. The molecule has 30 heavy (non-hydrogen) atoms. The number of rotatable bonds is 4. The zero-order valence-corrected chi connectivity index (χ0v) is 17.2. The smallest absolute Gasteiger partial charge is 0.232 e. The van der Waals surface area contributed by atoms with Gasteiger partial charge in [-0.05, 0) is 28.7 Å². The Morgan fingerprint density at radius 3 is 2.40 bits per heavy atom. The van der Waals surface area contributed by atoms with Gasteiger partial charge in [-0.15, -0.1) is 0 Å². The molecule has 2 heterocycles. The van der Waals surface area contributed by atoms with Gasteiger partial charge in [0.2, 0.25) is 17.6 Å². The van der Waals surface area contributed by atoms with Crippen LogP contribution in [0.25, 0.3) is 11.4 Å². The van der Waals surface area contributed by atoms with E-state index in [0.717, 1.165) is 11.6 Å². The first kappa shape index (κ1) is 20.2. The van der Waals surface area contributed by atoms with E-state index in [9.17, 15) is 13.6 Å². The van der Waals surface area contributed by atoms with Gasteiger partial charge in [0.05, 0.1) is 5.92 Å². The van der Waals surface area contributed by atoms with Gasteiger partial charge >= 0.3 is 0 Å². The fraction of sp³-hybridized carbons (Fsp3) is 0.348. The van der Waals surface area contributed by atoms with Crippen LogP contribution in [-0.4, -0.2) is 27.5 Å². The van der Waals surface area contributed by atoms with Crippen molar-refractivity contribution in [3.8, 4) is 11.4 Å². The number of amides is 1. The Labute approximate surface area is 173 Å². The van der Waals surface area contributed by atoms with Crippen molar-refractivity contribution in [1.29, 1.82) is 0 Å². The second-order valence-electron chi connectivity index (χ2n) is 8.74. The summed E-state index contributed by atoms with van der Waals surface area (Å²) < 4.78 is 32.3. The SMILES string of the molecule is CC(C)(C)c1ccc(-c2noc(C3CC(=O)N(Cc4cc(F)cc(F)c4)C3)n2)cc1. The normalized spacial score (nSPS) is 17.0. The van der Waals surface area contributed by atoms with Crippen molar-refractivity contribution in [2.75, 3.05) is 6.54 Å². The van der Waals surface area contributed by atoms with Gasteiger partial charge in [-0.1, -0.05) is 50.2 Å². The first-order valence-electron chi connectivity index (χ1n) is 9.86. The van der Waals surface area contributed by atoms with Gasteiger partial charge in [-0.3, -0.25) is 4.79 Å². The molecule has 1 unspecified atom stereocenters. The fourth-order valence-corrected chi connectivity index (χ4v) is 3.65. The third-order valence-corrected chi connectivity index (χ3v) is 5.31. The van der Waals surface area contributed by atoms with Crippen LogP contribution in [0.4, 0.5) is 8.78 Å². The standard InChI is InChI=1S/C23H23F2N3O2/c1-23(2,3)17-6-4-15(5-7-17)21-26-22(30-27-21)16-10-20(29)28(13-16)12-14-8-18(24)11-19(25)9-14/h4-9,11,16H,10,12-13H2,1-3H3. The molecule has 1 amide bonds. The maximum Gasteiger partial charge on any atom is 0.232 e. The van der Waals surface area contributed by atoms with Crippen molar-refractivity contribution in [2.24, 2.45) is 0 Å². The van der Waals surface area contributed by atoms with Crippen molar-refractivity contribution in [3.63, 3.8) is 0 Å². The monoisotopic (exact) mass is 411 g/mol. The summed E-state index contributed by atoms with van der Waals surface area (Å²) in [6, 6.07) is 11.3. The van der Waals surface area contributed by atoms with E-state index in [-0.39, 0.29) is 30.2 Å². The van der Waals surface area contributed by atoms with E-state index in [0.29, 0.717) is 23.8 Å². The van der Waals surface area contributed by atoms with Crippen molar-refractivity contribution in [1.82, 2.24) is 15.0 Å². The van der Waals surface area contributed by atoms with E-state index in [4.69, 9.17) is 4.52 Å². The molecule has 0 aliphatic carbocycles. The summed E-state index contributed by atoms with van der Waals surface area (Å²) in [5.41, 5.74) is 2.51. The topological polar surface area (TPSA) is 59.2 Å². The summed E-state index contributed by atoms with van der Waals surface area (Å²) in [6.07, 6.45) is 0.225. The largest absolute Gasteiger partial charge is 0.339 e. The van der Waals surface area contributed by atoms with Gasteiger partial charge in [-0.25, -0.2) is 8.78 Å². The molecule has 1 saturated heterocycles. The summed E-state index contributed by atoms with van der Waals surface area (Å²) >= 11 is 0. The molecule has 1 aliphatic rings. The minimum absolute atomic E-state index is 0.0548. The van der Waals surface area contributed by atoms with Crippen LogP contribution in [0.1, 0.15) is 50.1 Å². The number of nitrogens with zero attached hydrogens (tertiary/aromatic N) is 3. The lowest BCUT2D eigenvalue weighted by Gasteiger charge is -2.18. The molecule has 2 aromatic carbocycles. The predicted molar refractivity (Wildman–Crippen MR) is 108 cm³/mol. The molecule has 4 rings (SSSR count). The lowest BCUT2D eigenvalue weighted by molar-refractivity contribution is -0.128. The van der Waals surface area contributed by atoms with Crippen LogP contribution in [0.5, 0.6) is 0 Å². The van der Waals surface area contributed by atoms with Crippen LogP contribution >= 0.6 is 0 Å². The molecule has 5 nitrogen and oxygen atoms in total. The quantitative estimate of drug-likeness (QED) is 0.617.